The predicted molar refractivity (Wildman–Crippen MR) is 114 cm³/mol. The van der Waals surface area contributed by atoms with E-state index in [4.69, 9.17) is 4.74 Å². The van der Waals surface area contributed by atoms with Crippen LogP contribution in [0.1, 0.15) is 64.4 Å². The molecule has 0 amide bonds. The average molecular weight is 383 g/mol. The molecule has 1 saturated carbocycles. The van der Waals surface area contributed by atoms with Crippen LogP contribution in [0.3, 0.4) is 0 Å². The second-order valence-corrected chi connectivity index (χ2v) is 7.86. The van der Waals surface area contributed by atoms with Crippen LogP contribution >= 0.6 is 0 Å². The first-order valence-electron chi connectivity index (χ1n) is 10.7. The Labute approximate surface area is 169 Å². The van der Waals surface area contributed by atoms with Crippen molar-refractivity contribution in [3.8, 4) is 0 Å². The van der Waals surface area contributed by atoms with E-state index < -0.39 is 0 Å². The maximum atomic E-state index is 12.2. The van der Waals surface area contributed by atoms with Gasteiger partial charge in [0.1, 0.15) is 5.78 Å². The first-order valence-corrected chi connectivity index (χ1v) is 10.7. The number of carbonyl (C=O) groups excluding carboxylic acids is 2. The van der Waals surface area contributed by atoms with Gasteiger partial charge < -0.3 is 4.74 Å². The van der Waals surface area contributed by atoms with E-state index in [1.165, 1.54) is 5.56 Å². The number of Topliss-reactive ketones (excluding diaryl/α,β-unsaturated/α-hetero) is 1. The largest absolute Gasteiger partial charge is 0.463 e. The second kappa shape index (κ2) is 12.3. The predicted octanol–water partition coefficient (Wildman–Crippen LogP) is 5.84. The molecule has 152 valence electrons. The van der Waals surface area contributed by atoms with Crippen LogP contribution in [-0.2, 0) is 20.7 Å². The molecule has 1 aliphatic rings. The number of unbranched alkanes of at least 4 members (excludes halogenated alkanes) is 2. The zero-order valence-corrected chi connectivity index (χ0v) is 17.3. The van der Waals surface area contributed by atoms with Crippen LogP contribution in [0.2, 0.25) is 0 Å². The molecule has 0 aliphatic heterocycles. The summed E-state index contributed by atoms with van der Waals surface area (Å²) in [4.78, 5) is 23.7. The summed E-state index contributed by atoms with van der Waals surface area (Å²) >= 11 is 0. The number of ether oxygens (including phenoxy) is 1. The highest BCUT2D eigenvalue weighted by molar-refractivity contribution is 5.85. The molecule has 0 aromatic heterocycles. The van der Waals surface area contributed by atoms with Crippen molar-refractivity contribution in [1.82, 2.24) is 0 Å². The van der Waals surface area contributed by atoms with Crippen LogP contribution in [0.5, 0.6) is 0 Å². The van der Waals surface area contributed by atoms with Gasteiger partial charge in [-0.05, 0) is 63.9 Å². The Bertz CT molecular complexity index is 658. The topological polar surface area (TPSA) is 43.4 Å². The average Bonchev–Trinajstić information content (AvgIpc) is 3.01. The Hall–Kier alpha value is -2.16. The molecule has 3 heteroatoms. The van der Waals surface area contributed by atoms with Gasteiger partial charge in [-0.1, -0.05) is 54.6 Å². The second-order valence-electron chi connectivity index (χ2n) is 7.86. The molecule has 1 fully saturated rings. The number of rotatable bonds is 11. The fourth-order valence-electron chi connectivity index (χ4n) is 3.63. The van der Waals surface area contributed by atoms with Crippen LogP contribution < -0.4 is 0 Å². The maximum Gasteiger partial charge on any atom is 0.306 e. The zero-order chi connectivity index (χ0) is 20.2. The molecule has 2 atom stereocenters. The lowest BCUT2D eigenvalue weighted by Gasteiger charge is -2.10. The first-order chi connectivity index (χ1) is 13.6. The molecule has 1 aromatic rings. The van der Waals surface area contributed by atoms with Gasteiger partial charge in [-0.15, -0.1) is 0 Å². The van der Waals surface area contributed by atoms with Crippen LogP contribution in [0, 0.1) is 11.8 Å². The fourth-order valence-corrected chi connectivity index (χ4v) is 3.63. The van der Waals surface area contributed by atoms with E-state index in [-0.39, 0.29) is 18.0 Å². The van der Waals surface area contributed by atoms with E-state index >= 15 is 0 Å². The highest BCUT2D eigenvalue weighted by atomic mass is 16.5. The smallest absolute Gasteiger partial charge is 0.306 e. The van der Waals surface area contributed by atoms with Gasteiger partial charge in [-0.2, -0.15) is 0 Å². The summed E-state index contributed by atoms with van der Waals surface area (Å²) in [5.74, 6) is 0.533. The van der Waals surface area contributed by atoms with E-state index in [0.717, 1.165) is 38.5 Å². The third kappa shape index (κ3) is 8.24. The molecule has 3 nitrogen and oxygen atoms in total. The molecule has 0 heterocycles. The van der Waals surface area contributed by atoms with Crippen LogP contribution in [0.15, 0.2) is 54.6 Å². The number of carbonyl (C=O) groups is 2. The van der Waals surface area contributed by atoms with Gasteiger partial charge in [0.2, 0.25) is 0 Å². The Morgan fingerprint density at radius 2 is 1.82 bits per heavy atom. The normalized spacial score (nSPS) is 19.9. The summed E-state index contributed by atoms with van der Waals surface area (Å²) in [6.45, 7) is 3.72. The van der Waals surface area contributed by atoms with Crippen LogP contribution in [0.4, 0.5) is 0 Å². The van der Waals surface area contributed by atoms with Crippen LogP contribution in [-0.4, -0.2) is 17.9 Å². The Morgan fingerprint density at radius 3 is 2.57 bits per heavy atom. The Morgan fingerprint density at radius 1 is 1.11 bits per heavy atom. The van der Waals surface area contributed by atoms with Gasteiger partial charge in [0.25, 0.3) is 0 Å². The minimum Gasteiger partial charge on any atom is -0.463 e. The number of esters is 1. The summed E-state index contributed by atoms with van der Waals surface area (Å²) in [7, 11) is 0. The van der Waals surface area contributed by atoms with Gasteiger partial charge in [0.15, 0.2) is 0 Å². The lowest BCUT2D eigenvalue weighted by Crippen LogP contribution is -2.11. The van der Waals surface area contributed by atoms with E-state index in [1.54, 1.807) is 0 Å². The van der Waals surface area contributed by atoms with Gasteiger partial charge in [-0.3, -0.25) is 9.59 Å². The highest BCUT2D eigenvalue weighted by Gasteiger charge is 2.30. The molecule has 1 aromatic carbocycles. The van der Waals surface area contributed by atoms with Crippen molar-refractivity contribution in [3.63, 3.8) is 0 Å². The van der Waals surface area contributed by atoms with Crippen molar-refractivity contribution in [2.75, 3.05) is 0 Å². The molecule has 2 rings (SSSR count). The van der Waals surface area contributed by atoms with E-state index in [0.29, 0.717) is 24.5 Å². The van der Waals surface area contributed by atoms with E-state index in [2.05, 4.69) is 48.6 Å². The number of allylic oxidation sites excluding steroid dienone is 4. The molecule has 0 N–H and O–H groups in total. The Kier molecular flexibility index (Phi) is 9.74. The van der Waals surface area contributed by atoms with Crippen LogP contribution in [0.25, 0.3) is 0 Å². The van der Waals surface area contributed by atoms with Crippen molar-refractivity contribution in [3.05, 3.63) is 60.2 Å². The maximum absolute atomic E-state index is 12.2. The lowest BCUT2D eigenvalue weighted by molar-refractivity contribution is -0.147. The molecular formula is C25H34O3. The summed E-state index contributed by atoms with van der Waals surface area (Å²) in [6.07, 6.45) is 15.5. The van der Waals surface area contributed by atoms with Crippen molar-refractivity contribution in [2.45, 2.75) is 71.3 Å². The molecule has 0 radical (unpaired) electrons. The number of hydrogen-bond donors (Lipinski definition) is 0. The summed E-state index contributed by atoms with van der Waals surface area (Å²) in [6, 6.07) is 10.6. The molecule has 0 spiro atoms. The van der Waals surface area contributed by atoms with Gasteiger partial charge in [0, 0.05) is 18.8 Å². The quantitative estimate of drug-likeness (QED) is 0.274. The molecule has 28 heavy (non-hydrogen) atoms. The van der Waals surface area contributed by atoms with Crippen molar-refractivity contribution in [2.24, 2.45) is 11.8 Å². The number of benzene rings is 1. The zero-order valence-electron chi connectivity index (χ0n) is 17.3. The van der Waals surface area contributed by atoms with E-state index in [9.17, 15) is 9.59 Å². The molecule has 0 saturated heterocycles. The van der Waals surface area contributed by atoms with Crippen molar-refractivity contribution < 1.29 is 14.3 Å². The summed E-state index contributed by atoms with van der Waals surface area (Å²) in [5.41, 5.74) is 1.38. The Balaban J connectivity index is 1.69. The van der Waals surface area contributed by atoms with Gasteiger partial charge in [0.05, 0.1) is 6.10 Å². The highest BCUT2D eigenvalue weighted by Crippen LogP contribution is 2.31. The number of ketones is 1. The van der Waals surface area contributed by atoms with Crippen molar-refractivity contribution >= 4 is 11.8 Å². The third-order valence-corrected chi connectivity index (χ3v) is 5.08. The van der Waals surface area contributed by atoms with Crippen molar-refractivity contribution in [1.29, 1.82) is 0 Å². The molecular weight excluding hydrogens is 348 g/mol. The van der Waals surface area contributed by atoms with E-state index in [1.807, 2.05) is 19.9 Å². The summed E-state index contributed by atoms with van der Waals surface area (Å²) in [5, 5.41) is 0. The van der Waals surface area contributed by atoms with Gasteiger partial charge >= 0.3 is 5.97 Å². The third-order valence-electron chi connectivity index (χ3n) is 5.08. The van der Waals surface area contributed by atoms with Gasteiger partial charge in [-0.25, -0.2) is 0 Å². The number of hydrogen-bond acceptors (Lipinski definition) is 3. The SMILES string of the molecule is CC(C)OC(=O)CCC/C=C\C1C(=O)CC[C@@H]1/C=C/CCCc1ccccc1. The first kappa shape index (κ1) is 22.1. The minimum atomic E-state index is -0.142. The minimum absolute atomic E-state index is 0.00740. The lowest BCUT2D eigenvalue weighted by atomic mass is 9.93. The molecule has 1 unspecified atom stereocenters. The standard InChI is InChI=1S/C25H34O3/c1-20(2)28-25(27)17-11-5-10-16-23-22(18-19-24(23)26)15-9-4-8-14-21-12-6-3-7-13-21/h3,6-7,9-10,12-13,15-16,20,22-23H,4-5,8,11,14,17-19H2,1-2H3/b15-9+,16-10-/t22-,23?/m0/s1. The summed E-state index contributed by atoms with van der Waals surface area (Å²) < 4.78 is 5.13. The number of aryl methyl sites for hydroxylation is 1. The monoisotopic (exact) mass is 382 g/mol. The fraction of sp³-hybridized carbons (Fsp3) is 0.520. The molecule has 0 bridgehead atoms. The molecule has 1 aliphatic carbocycles.